The summed E-state index contributed by atoms with van der Waals surface area (Å²) in [6, 6.07) is 17.4. The highest BCUT2D eigenvalue weighted by Gasteiger charge is 2.21. The summed E-state index contributed by atoms with van der Waals surface area (Å²) in [6.45, 7) is 2.70. The minimum absolute atomic E-state index is 0.678. The second-order valence-electron chi connectivity index (χ2n) is 7.24. The van der Waals surface area contributed by atoms with E-state index in [-0.39, 0.29) is 0 Å². The maximum absolute atomic E-state index is 12.1. The fourth-order valence-electron chi connectivity index (χ4n) is 4.04. The van der Waals surface area contributed by atoms with Crippen molar-refractivity contribution in [3.8, 4) is 16.9 Å². The largest absolute Gasteiger partial charge is 0.494 e. The Kier molecular flexibility index (Phi) is 6.88. The molecule has 1 saturated carbocycles. The van der Waals surface area contributed by atoms with Gasteiger partial charge in [0.2, 0.25) is 0 Å². The van der Waals surface area contributed by atoms with E-state index in [4.69, 9.17) is 4.74 Å². The SMILES string of the molecule is CCOc1ccc(-c2ccc(C3CCC(CC/C=C/F)CC3)cc2)cc1. The molecule has 138 valence electrons. The summed E-state index contributed by atoms with van der Waals surface area (Å²) < 4.78 is 17.6. The fourth-order valence-corrected chi connectivity index (χ4v) is 4.04. The molecule has 0 radical (unpaired) electrons. The van der Waals surface area contributed by atoms with E-state index >= 15 is 0 Å². The van der Waals surface area contributed by atoms with Crippen molar-refractivity contribution in [3.63, 3.8) is 0 Å². The number of ether oxygens (including phenoxy) is 1. The van der Waals surface area contributed by atoms with Crippen LogP contribution in [0.5, 0.6) is 5.75 Å². The molecule has 0 aromatic heterocycles. The Morgan fingerprint density at radius 1 is 0.923 bits per heavy atom. The minimum Gasteiger partial charge on any atom is -0.494 e. The standard InChI is InChI=1S/C24H29FO/c1-2-26-24-16-14-23(15-17-24)22-12-10-21(11-13-22)20-8-6-19(7-9-20)5-3-4-18-25/h4,10-20H,2-3,5-9H2,1H3/b18-4+. The summed E-state index contributed by atoms with van der Waals surface area (Å²) in [7, 11) is 0. The molecule has 1 aliphatic carbocycles. The van der Waals surface area contributed by atoms with Gasteiger partial charge in [-0.3, -0.25) is 0 Å². The Morgan fingerprint density at radius 2 is 1.54 bits per heavy atom. The molecule has 0 amide bonds. The average molecular weight is 352 g/mol. The molecule has 26 heavy (non-hydrogen) atoms. The van der Waals surface area contributed by atoms with Gasteiger partial charge in [-0.15, -0.1) is 0 Å². The lowest BCUT2D eigenvalue weighted by molar-refractivity contribution is 0.311. The molecule has 1 nitrogen and oxygen atoms in total. The monoisotopic (exact) mass is 352 g/mol. The first-order valence-electron chi connectivity index (χ1n) is 9.88. The molecule has 0 spiro atoms. The van der Waals surface area contributed by atoms with Gasteiger partial charge in [-0.2, -0.15) is 0 Å². The average Bonchev–Trinajstić information content (AvgIpc) is 2.70. The number of benzene rings is 2. The first-order chi connectivity index (χ1) is 12.8. The lowest BCUT2D eigenvalue weighted by atomic mass is 9.77. The van der Waals surface area contributed by atoms with E-state index < -0.39 is 0 Å². The number of hydrogen-bond donors (Lipinski definition) is 0. The molecule has 2 heteroatoms. The first-order valence-corrected chi connectivity index (χ1v) is 9.88. The van der Waals surface area contributed by atoms with Crippen LogP contribution in [-0.4, -0.2) is 6.61 Å². The van der Waals surface area contributed by atoms with Crippen molar-refractivity contribution in [2.45, 2.75) is 51.4 Å². The van der Waals surface area contributed by atoms with Crippen LogP contribution in [0.1, 0.15) is 56.9 Å². The summed E-state index contributed by atoms with van der Waals surface area (Å²) in [4.78, 5) is 0. The zero-order chi connectivity index (χ0) is 18.2. The molecule has 0 unspecified atom stereocenters. The van der Waals surface area contributed by atoms with E-state index in [0.29, 0.717) is 18.9 Å². The van der Waals surface area contributed by atoms with E-state index in [2.05, 4.69) is 36.4 Å². The lowest BCUT2D eigenvalue weighted by Crippen LogP contribution is -2.13. The Morgan fingerprint density at radius 3 is 2.12 bits per heavy atom. The molecule has 1 fully saturated rings. The fraction of sp³-hybridized carbons (Fsp3) is 0.417. The van der Waals surface area contributed by atoms with Gasteiger partial charge in [-0.05, 0) is 86.1 Å². The van der Waals surface area contributed by atoms with Crippen LogP contribution < -0.4 is 4.74 Å². The van der Waals surface area contributed by atoms with Crippen LogP contribution in [0.15, 0.2) is 60.9 Å². The maximum atomic E-state index is 12.1. The van der Waals surface area contributed by atoms with Gasteiger partial charge >= 0.3 is 0 Å². The predicted octanol–water partition coefficient (Wildman–Crippen LogP) is 7.29. The van der Waals surface area contributed by atoms with Gasteiger partial charge in [0.25, 0.3) is 0 Å². The normalized spacial score (nSPS) is 20.4. The molecule has 0 atom stereocenters. The molecule has 0 heterocycles. The van der Waals surface area contributed by atoms with Crippen molar-refractivity contribution in [2.75, 3.05) is 6.61 Å². The van der Waals surface area contributed by atoms with Gasteiger partial charge in [-0.1, -0.05) is 42.5 Å². The van der Waals surface area contributed by atoms with Crippen molar-refractivity contribution in [1.29, 1.82) is 0 Å². The van der Waals surface area contributed by atoms with Gasteiger partial charge < -0.3 is 4.74 Å². The molecule has 2 aromatic carbocycles. The van der Waals surface area contributed by atoms with Gasteiger partial charge in [0.05, 0.1) is 12.9 Å². The maximum Gasteiger partial charge on any atom is 0.119 e. The number of hydrogen-bond acceptors (Lipinski definition) is 1. The minimum atomic E-state index is 0.678. The lowest BCUT2D eigenvalue weighted by Gasteiger charge is -2.28. The van der Waals surface area contributed by atoms with E-state index in [0.717, 1.165) is 24.5 Å². The molecule has 0 N–H and O–H groups in total. The summed E-state index contributed by atoms with van der Waals surface area (Å²) in [5.41, 5.74) is 3.94. The van der Waals surface area contributed by atoms with E-state index in [9.17, 15) is 4.39 Å². The van der Waals surface area contributed by atoms with Crippen LogP contribution in [0.25, 0.3) is 11.1 Å². The summed E-state index contributed by atoms with van der Waals surface area (Å²) in [5.74, 6) is 2.37. The van der Waals surface area contributed by atoms with Crippen molar-refractivity contribution in [1.82, 2.24) is 0 Å². The smallest absolute Gasteiger partial charge is 0.119 e. The van der Waals surface area contributed by atoms with E-state index in [1.165, 1.54) is 42.4 Å². The molecular weight excluding hydrogens is 323 g/mol. The van der Waals surface area contributed by atoms with Gasteiger partial charge in [-0.25, -0.2) is 4.39 Å². The van der Waals surface area contributed by atoms with Crippen molar-refractivity contribution < 1.29 is 9.13 Å². The van der Waals surface area contributed by atoms with Crippen molar-refractivity contribution in [3.05, 3.63) is 66.5 Å². The summed E-state index contributed by atoms with van der Waals surface area (Å²) in [5, 5.41) is 0. The third-order valence-corrected chi connectivity index (χ3v) is 5.56. The molecule has 1 aliphatic rings. The molecule has 0 aliphatic heterocycles. The molecular formula is C24H29FO. The van der Waals surface area contributed by atoms with E-state index in [1.807, 2.05) is 19.1 Å². The molecule has 0 bridgehead atoms. The second-order valence-corrected chi connectivity index (χ2v) is 7.24. The van der Waals surface area contributed by atoms with Gasteiger partial charge in [0.1, 0.15) is 5.75 Å². The van der Waals surface area contributed by atoms with E-state index in [1.54, 1.807) is 6.08 Å². The Bertz CT molecular complexity index is 679. The Labute approximate surface area is 156 Å². The van der Waals surface area contributed by atoms with Crippen LogP contribution in [0.4, 0.5) is 4.39 Å². The van der Waals surface area contributed by atoms with Crippen LogP contribution in [0, 0.1) is 5.92 Å². The quantitative estimate of drug-likeness (QED) is 0.508. The zero-order valence-corrected chi connectivity index (χ0v) is 15.7. The zero-order valence-electron chi connectivity index (χ0n) is 15.7. The third kappa shape index (κ3) is 4.97. The molecule has 2 aromatic rings. The topological polar surface area (TPSA) is 9.23 Å². The number of halogens is 1. The van der Waals surface area contributed by atoms with Gasteiger partial charge in [0.15, 0.2) is 0 Å². The Hall–Kier alpha value is -2.09. The number of allylic oxidation sites excluding steroid dienone is 1. The molecule has 3 rings (SSSR count). The van der Waals surface area contributed by atoms with Crippen molar-refractivity contribution >= 4 is 0 Å². The van der Waals surface area contributed by atoms with Crippen molar-refractivity contribution in [2.24, 2.45) is 5.92 Å². The first kappa shape index (κ1) is 18.7. The highest BCUT2D eigenvalue weighted by molar-refractivity contribution is 5.64. The van der Waals surface area contributed by atoms with Crippen LogP contribution in [0.3, 0.4) is 0 Å². The van der Waals surface area contributed by atoms with Crippen LogP contribution >= 0.6 is 0 Å². The number of rotatable bonds is 7. The van der Waals surface area contributed by atoms with Crippen LogP contribution in [-0.2, 0) is 0 Å². The third-order valence-electron chi connectivity index (χ3n) is 5.56. The van der Waals surface area contributed by atoms with Gasteiger partial charge in [0, 0.05) is 0 Å². The molecule has 0 saturated heterocycles. The van der Waals surface area contributed by atoms with Crippen LogP contribution in [0.2, 0.25) is 0 Å². The highest BCUT2D eigenvalue weighted by Crippen LogP contribution is 2.38. The summed E-state index contributed by atoms with van der Waals surface area (Å²) in [6.07, 6.45) is 9.38. The second kappa shape index (κ2) is 9.56. The summed E-state index contributed by atoms with van der Waals surface area (Å²) >= 11 is 0. The predicted molar refractivity (Wildman–Crippen MR) is 107 cm³/mol. The Balaban J connectivity index is 1.56. The highest BCUT2D eigenvalue weighted by atomic mass is 19.1.